The molecule has 0 radical (unpaired) electrons. The van der Waals surface area contributed by atoms with Gasteiger partial charge in [0.1, 0.15) is 11.6 Å². The van der Waals surface area contributed by atoms with Crippen LogP contribution in [0.25, 0.3) is 11.1 Å². The highest BCUT2D eigenvalue weighted by atomic mass is 19.4. The van der Waals surface area contributed by atoms with Crippen LogP contribution < -0.4 is 0 Å². The van der Waals surface area contributed by atoms with E-state index in [4.69, 9.17) is 0 Å². The highest BCUT2D eigenvalue weighted by Gasteiger charge is 2.37. The van der Waals surface area contributed by atoms with Gasteiger partial charge in [-0.05, 0) is 78.7 Å². The maximum Gasteiger partial charge on any atom is 0.419 e. The van der Waals surface area contributed by atoms with Crippen molar-refractivity contribution in [2.75, 3.05) is 0 Å². The van der Waals surface area contributed by atoms with Gasteiger partial charge in [0.25, 0.3) is 0 Å². The highest BCUT2D eigenvalue weighted by molar-refractivity contribution is 5.67. The average molecular weight is 408 g/mol. The molecule has 3 unspecified atom stereocenters. The molecule has 0 N–H and O–H groups in total. The van der Waals surface area contributed by atoms with Crippen molar-refractivity contribution in [2.24, 2.45) is 11.8 Å². The fraction of sp³-hybridized carbons (Fsp3) is 0.500. The zero-order valence-electron chi connectivity index (χ0n) is 16.5. The minimum Gasteiger partial charge on any atom is -0.206 e. The molecule has 4 rings (SSSR count). The van der Waals surface area contributed by atoms with Gasteiger partial charge in [-0.25, -0.2) is 8.78 Å². The molecule has 0 amide bonds. The second-order valence-corrected chi connectivity index (χ2v) is 8.56. The number of rotatable bonds is 3. The van der Waals surface area contributed by atoms with Crippen molar-refractivity contribution in [3.05, 3.63) is 58.7 Å². The van der Waals surface area contributed by atoms with E-state index in [1.807, 2.05) is 6.07 Å². The van der Waals surface area contributed by atoms with Crippen molar-refractivity contribution in [3.63, 3.8) is 0 Å². The van der Waals surface area contributed by atoms with Crippen molar-refractivity contribution in [1.82, 2.24) is 0 Å². The third-order valence-corrected chi connectivity index (χ3v) is 6.82. The van der Waals surface area contributed by atoms with Crippen LogP contribution in [-0.2, 0) is 12.6 Å². The molecule has 0 nitrogen and oxygen atoms in total. The molecule has 156 valence electrons. The van der Waals surface area contributed by atoms with Crippen molar-refractivity contribution >= 4 is 0 Å². The molecule has 0 heterocycles. The Morgan fingerprint density at radius 3 is 2.48 bits per heavy atom. The summed E-state index contributed by atoms with van der Waals surface area (Å²) >= 11 is 0. The van der Waals surface area contributed by atoms with Gasteiger partial charge in [-0.1, -0.05) is 38.0 Å². The van der Waals surface area contributed by atoms with Gasteiger partial charge in [-0.2, -0.15) is 13.2 Å². The predicted molar refractivity (Wildman–Crippen MR) is 104 cm³/mol. The first-order valence-electron chi connectivity index (χ1n) is 10.5. The largest absolute Gasteiger partial charge is 0.419 e. The second kappa shape index (κ2) is 7.73. The van der Waals surface area contributed by atoms with Crippen LogP contribution in [0.3, 0.4) is 0 Å². The van der Waals surface area contributed by atoms with Crippen molar-refractivity contribution in [2.45, 2.75) is 64.0 Å². The van der Waals surface area contributed by atoms with E-state index in [0.717, 1.165) is 36.5 Å². The number of fused-ring (bicyclic) bond motifs is 3. The van der Waals surface area contributed by atoms with Crippen LogP contribution in [0, 0.1) is 23.5 Å². The highest BCUT2D eigenvalue weighted by Crippen LogP contribution is 2.49. The molecule has 2 aromatic rings. The molecule has 1 fully saturated rings. The minimum atomic E-state index is -4.76. The Morgan fingerprint density at radius 1 is 1.00 bits per heavy atom. The average Bonchev–Trinajstić information content (AvgIpc) is 2.67. The number of benzene rings is 2. The topological polar surface area (TPSA) is 0 Å². The normalized spacial score (nSPS) is 24.1. The van der Waals surface area contributed by atoms with E-state index in [-0.39, 0.29) is 11.1 Å². The van der Waals surface area contributed by atoms with E-state index in [1.165, 1.54) is 25.7 Å². The molecule has 0 saturated heterocycles. The molecular weight excluding hydrogens is 383 g/mol. The van der Waals surface area contributed by atoms with Gasteiger partial charge < -0.3 is 0 Å². The SMILES string of the molecule is CCCC1CCC2c3ccc(-c4ccc(C(F)(F)F)c(F)c4)c(F)c3CCC2C1. The zero-order chi connectivity index (χ0) is 20.8. The van der Waals surface area contributed by atoms with Gasteiger partial charge in [0.05, 0.1) is 5.56 Å². The zero-order valence-corrected chi connectivity index (χ0v) is 16.5. The van der Waals surface area contributed by atoms with Crippen molar-refractivity contribution in [3.8, 4) is 11.1 Å². The lowest BCUT2D eigenvalue weighted by molar-refractivity contribution is -0.139. The number of hydrogen-bond acceptors (Lipinski definition) is 0. The third kappa shape index (κ3) is 3.80. The summed E-state index contributed by atoms with van der Waals surface area (Å²) in [6, 6.07) is 6.15. The number of halogens is 5. The minimum absolute atomic E-state index is 0.143. The molecule has 3 atom stereocenters. The van der Waals surface area contributed by atoms with Crippen LogP contribution in [0.15, 0.2) is 30.3 Å². The van der Waals surface area contributed by atoms with E-state index in [1.54, 1.807) is 6.07 Å². The monoisotopic (exact) mass is 408 g/mol. The Balaban J connectivity index is 1.65. The Hall–Kier alpha value is -1.91. The first-order chi connectivity index (χ1) is 13.8. The standard InChI is InChI=1S/C24H25F5/c1-2-3-14-4-7-17-15(12-14)5-8-20-19(17)10-9-18(23(20)26)16-6-11-21(22(25)13-16)24(27,28)29/h6,9-11,13-15,17H,2-5,7-8,12H2,1H3. The van der Waals surface area contributed by atoms with Crippen LogP contribution in [0.1, 0.15) is 68.1 Å². The maximum absolute atomic E-state index is 15.3. The third-order valence-electron chi connectivity index (χ3n) is 6.82. The Labute approximate surface area is 168 Å². The summed E-state index contributed by atoms with van der Waals surface area (Å²) in [6.45, 7) is 2.21. The van der Waals surface area contributed by atoms with Crippen LogP contribution in [0.2, 0.25) is 0 Å². The molecule has 5 heteroatoms. The summed E-state index contributed by atoms with van der Waals surface area (Å²) < 4.78 is 67.7. The van der Waals surface area contributed by atoms with Gasteiger partial charge in [0, 0.05) is 5.56 Å². The fourth-order valence-corrected chi connectivity index (χ4v) is 5.46. The fourth-order valence-electron chi connectivity index (χ4n) is 5.46. The summed E-state index contributed by atoms with van der Waals surface area (Å²) in [7, 11) is 0. The predicted octanol–water partition coefficient (Wildman–Crippen LogP) is 7.90. The van der Waals surface area contributed by atoms with Gasteiger partial charge in [0.15, 0.2) is 0 Å². The Bertz CT molecular complexity index is 899. The van der Waals surface area contributed by atoms with E-state index >= 15 is 4.39 Å². The lowest BCUT2D eigenvalue weighted by Gasteiger charge is -2.41. The van der Waals surface area contributed by atoms with Gasteiger partial charge in [-0.3, -0.25) is 0 Å². The molecule has 1 saturated carbocycles. The smallest absolute Gasteiger partial charge is 0.206 e. The summed E-state index contributed by atoms with van der Waals surface area (Å²) in [5.74, 6) is -0.0689. The van der Waals surface area contributed by atoms with Gasteiger partial charge >= 0.3 is 6.18 Å². The van der Waals surface area contributed by atoms with E-state index in [0.29, 0.717) is 29.9 Å². The second-order valence-electron chi connectivity index (χ2n) is 8.56. The van der Waals surface area contributed by atoms with E-state index in [2.05, 4.69) is 6.92 Å². The molecule has 29 heavy (non-hydrogen) atoms. The lowest BCUT2D eigenvalue weighted by Crippen LogP contribution is -2.28. The van der Waals surface area contributed by atoms with Gasteiger partial charge in [0.2, 0.25) is 0 Å². The molecule has 0 spiro atoms. The quantitative estimate of drug-likeness (QED) is 0.453. The van der Waals surface area contributed by atoms with Crippen LogP contribution in [0.4, 0.5) is 22.0 Å². The van der Waals surface area contributed by atoms with Crippen LogP contribution >= 0.6 is 0 Å². The molecule has 2 aliphatic carbocycles. The van der Waals surface area contributed by atoms with Crippen LogP contribution in [0.5, 0.6) is 0 Å². The number of alkyl halides is 3. The summed E-state index contributed by atoms with van der Waals surface area (Å²) in [5.41, 5.74) is 0.702. The number of hydrogen-bond donors (Lipinski definition) is 0. The molecular formula is C24H25F5. The van der Waals surface area contributed by atoms with Crippen molar-refractivity contribution < 1.29 is 22.0 Å². The van der Waals surface area contributed by atoms with Gasteiger partial charge in [-0.15, -0.1) is 0 Å². The molecule has 2 aromatic carbocycles. The Kier molecular flexibility index (Phi) is 5.43. The first kappa shape index (κ1) is 20.4. The molecule has 0 aromatic heterocycles. The molecule has 2 aliphatic rings. The summed E-state index contributed by atoms with van der Waals surface area (Å²) in [6.07, 6.45) is 2.70. The van der Waals surface area contributed by atoms with E-state index < -0.39 is 23.4 Å². The van der Waals surface area contributed by atoms with Crippen molar-refractivity contribution in [1.29, 1.82) is 0 Å². The summed E-state index contributed by atoms with van der Waals surface area (Å²) in [4.78, 5) is 0. The lowest BCUT2D eigenvalue weighted by atomic mass is 9.64. The summed E-state index contributed by atoms with van der Waals surface area (Å²) in [5, 5.41) is 0. The first-order valence-corrected chi connectivity index (χ1v) is 10.5. The van der Waals surface area contributed by atoms with E-state index in [9.17, 15) is 17.6 Å². The molecule has 0 aliphatic heterocycles. The van der Waals surface area contributed by atoms with Crippen LogP contribution in [-0.4, -0.2) is 0 Å². The molecule has 0 bridgehead atoms. The maximum atomic E-state index is 15.3. The Morgan fingerprint density at radius 2 is 1.79 bits per heavy atom.